The van der Waals surface area contributed by atoms with Gasteiger partial charge in [0.2, 0.25) is 4.89 Å². The summed E-state index contributed by atoms with van der Waals surface area (Å²) in [6.07, 6.45) is 1.44. The summed E-state index contributed by atoms with van der Waals surface area (Å²) < 4.78 is 9.01. The summed E-state index contributed by atoms with van der Waals surface area (Å²) in [7, 11) is 9.10. The first-order chi connectivity index (χ1) is 10.6. The van der Waals surface area contributed by atoms with Gasteiger partial charge in [0.1, 0.15) is 5.75 Å². The SMILES string of the molecule is CC(Oc1ccc(C=NN(C)P(=S)(Cl)Cl)cc1)N(P)N(P)NP. The molecular weight excluding hydrogens is 433 g/mol. The average Bonchev–Trinajstić information content (AvgIpc) is 2.51. The number of benzene rings is 1. The molecule has 0 aliphatic rings. The molecule has 1 aromatic carbocycles. The van der Waals surface area contributed by atoms with Crippen molar-refractivity contribution in [2.45, 2.75) is 13.2 Å². The molecule has 0 saturated carbocycles. The molecule has 0 aromatic heterocycles. The van der Waals surface area contributed by atoms with Crippen molar-refractivity contribution in [3.63, 3.8) is 0 Å². The average molecular weight is 452 g/mol. The van der Waals surface area contributed by atoms with Crippen molar-refractivity contribution in [3.8, 4) is 5.75 Å². The largest absolute Gasteiger partial charge is 0.474 e. The fraction of sp³-hybridized carbons (Fsp3) is 0.300. The van der Waals surface area contributed by atoms with Crippen LogP contribution in [0, 0.1) is 0 Å². The van der Waals surface area contributed by atoms with Crippen LogP contribution in [0.15, 0.2) is 29.4 Å². The van der Waals surface area contributed by atoms with Crippen LogP contribution in [-0.4, -0.2) is 33.9 Å². The summed E-state index contributed by atoms with van der Waals surface area (Å²) in [5.74, 6) is 0.734. The highest BCUT2D eigenvalue weighted by atomic mass is 35.9. The van der Waals surface area contributed by atoms with Crippen LogP contribution in [0.25, 0.3) is 0 Å². The molecule has 4 unspecified atom stereocenters. The maximum Gasteiger partial charge on any atom is 0.222 e. The third kappa shape index (κ3) is 7.75. The van der Waals surface area contributed by atoms with E-state index in [9.17, 15) is 0 Å². The van der Waals surface area contributed by atoms with E-state index in [0.717, 1.165) is 11.3 Å². The number of hydrogen-bond acceptors (Lipinski definition) is 6. The molecule has 1 aromatic rings. The van der Waals surface area contributed by atoms with E-state index in [2.05, 4.69) is 38.5 Å². The Bertz CT molecular complexity index is 575. The highest BCUT2D eigenvalue weighted by Crippen LogP contribution is 2.59. The van der Waals surface area contributed by atoms with Crippen LogP contribution in [0.4, 0.5) is 0 Å². The summed E-state index contributed by atoms with van der Waals surface area (Å²) in [5, 5.41) is 7.00. The molecule has 1 rings (SSSR count). The van der Waals surface area contributed by atoms with E-state index < -0.39 is 4.89 Å². The van der Waals surface area contributed by atoms with E-state index >= 15 is 0 Å². The fourth-order valence-electron chi connectivity index (χ4n) is 1.34. The number of halogens is 2. The second kappa shape index (κ2) is 10.1. The number of hydrazine groups is 2. The molecule has 13 heteroatoms. The zero-order chi connectivity index (χ0) is 17.6. The van der Waals surface area contributed by atoms with E-state index in [-0.39, 0.29) is 6.23 Å². The molecule has 6 nitrogen and oxygen atoms in total. The molecule has 0 spiro atoms. The van der Waals surface area contributed by atoms with Crippen molar-refractivity contribution in [1.29, 1.82) is 0 Å². The minimum Gasteiger partial charge on any atom is -0.474 e. The number of nitrogens with zero attached hydrogens (tertiary/aromatic N) is 4. The minimum absolute atomic E-state index is 0.200. The van der Waals surface area contributed by atoms with Gasteiger partial charge in [-0.2, -0.15) is 14.8 Å². The molecule has 1 N–H and O–H groups in total. The van der Waals surface area contributed by atoms with Gasteiger partial charge in [-0.1, -0.05) is 9.39 Å². The summed E-state index contributed by atoms with van der Waals surface area (Å²) in [4.78, 5) is -0.899. The standard InChI is InChI=1S/C10H19Cl2N5OP4S/c1-8(16(20)17(21)14-19)18-10-5-3-9(4-6-10)7-13-15(2)22(11,12)23/h3-8,14H,19-21H2,1-2H3. The Balaban J connectivity index is 2.67. The Morgan fingerprint density at radius 3 is 2.39 bits per heavy atom. The Kier molecular flexibility index (Phi) is 9.67. The zero-order valence-corrected chi connectivity index (χ0v) is 19.2. The van der Waals surface area contributed by atoms with E-state index in [1.54, 1.807) is 22.9 Å². The summed E-state index contributed by atoms with van der Waals surface area (Å²) in [6, 6.07) is 7.47. The maximum atomic E-state index is 5.86. The lowest BCUT2D eigenvalue weighted by molar-refractivity contribution is 0.0104. The van der Waals surface area contributed by atoms with Gasteiger partial charge in [0, 0.05) is 7.05 Å². The first-order valence-corrected chi connectivity index (χ1v) is 12.4. The summed E-state index contributed by atoms with van der Waals surface area (Å²) in [6.45, 7) is 1.92. The Labute approximate surface area is 158 Å². The van der Waals surface area contributed by atoms with Crippen molar-refractivity contribution < 1.29 is 4.74 Å². The minimum atomic E-state index is -2.58. The van der Waals surface area contributed by atoms with Crippen LogP contribution >= 0.6 is 55.5 Å². The van der Waals surface area contributed by atoms with Gasteiger partial charge in [-0.05, 0) is 89.8 Å². The van der Waals surface area contributed by atoms with Gasteiger partial charge in [-0.3, -0.25) is 0 Å². The van der Waals surface area contributed by atoms with E-state index in [0.29, 0.717) is 0 Å². The lowest BCUT2D eigenvalue weighted by Gasteiger charge is -2.31. The Morgan fingerprint density at radius 2 is 1.91 bits per heavy atom. The van der Waals surface area contributed by atoms with Crippen molar-refractivity contribution in [3.05, 3.63) is 29.8 Å². The van der Waals surface area contributed by atoms with Crippen LogP contribution in [0.1, 0.15) is 12.5 Å². The van der Waals surface area contributed by atoms with Gasteiger partial charge >= 0.3 is 0 Å². The number of hydrazone groups is 1. The van der Waals surface area contributed by atoms with Crippen molar-refractivity contribution in [1.82, 2.24) is 19.6 Å². The molecular formula is C10H19Cl2N5OP4S. The number of ether oxygens (including phenoxy) is 1. The normalized spacial score (nSPS) is 13.8. The van der Waals surface area contributed by atoms with Gasteiger partial charge < -0.3 is 4.74 Å². The highest BCUT2D eigenvalue weighted by Gasteiger charge is 2.15. The molecule has 0 bridgehead atoms. The van der Waals surface area contributed by atoms with Crippen LogP contribution in [0.2, 0.25) is 0 Å². The first-order valence-electron chi connectivity index (χ1n) is 6.24. The van der Waals surface area contributed by atoms with E-state index in [1.165, 1.54) is 4.78 Å². The number of hydrogen-bond donors (Lipinski definition) is 1. The predicted molar refractivity (Wildman–Crippen MR) is 114 cm³/mol. The monoisotopic (exact) mass is 451 g/mol. The topological polar surface area (TPSA) is 43.3 Å². The molecule has 0 radical (unpaired) electrons. The summed E-state index contributed by atoms with van der Waals surface area (Å²) in [5.41, 5.74) is 0.885. The highest BCUT2D eigenvalue weighted by molar-refractivity contribution is 8.37. The second-order valence-electron chi connectivity index (χ2n) is 4.31. The zero-order valence-electron chi connectivity index (χ0n) is 12.5. The van der Waals surface area contributed by atoms with Gasteiger partial charge in [0.05, 0.1) is 6.21 Å². The molecule has 130 valence electrons. The predicted octanol–water partition coefficient (Wildman–Crippen LogP) is 3.77. The van der Waals surface area contributed by atoms with Crippen molar-refractivity contribution >= 4 is 73.6 Å². The third-order valence-corrected chi connectivity index (χ3v) is 7.36. The molecule has 0 heterocycles. The van der Waals surface area contributed by atoms with Crippen molar-refractivity contribution in [2.24, 2.45) is 5.10 Å². The Hall–Kier alpha value is 0.890. The molecule has 0 fully saturated rings. The quantitative estimate of drug-likeness (QED) is 0.281. The van der Waals surface area contributed by atoms with Crippen LogP contribution in [0.5, 0.6) is 5.75 Å². The van der Waals surface area contributed by atoms with Crippen molar-refractivity contribution in [2.75, 3.05) is 7.05 Å². The van der Waals surface area contributed by atoms with Crippen LogP contribution in [-0.2, 0) is 11.8 Å². The van der Waals surface area contributed by atoms with E-state index in [1.807, 2.05) is 31.2 Å². The molecule has 23 heavy (non-hydrogen) atoms. The second-order valence-corrected chi connectivity index (χ2v) is 13.3. The van der Waals surface area contributed by atoms with Gasteiger partial charge in [-0.25, -0.2) is 9.98 Å². The van der Waals surface area contributed by atoms with Crippen LogP contribution < -0.4 is 9.93 Å². The number of rotatable bonds is 8. The molecule has 0 aliphatic heterocycles. The number of nitrogens with one attached hydrogen (secondary N) is 1. The van der Waals surface area contributed by atoms with Gasteiger partial charge in [0.15, 0.2) is 6.23 Å². The van der Waals surface area contributed by atoms with Crippen LogP contribution in [0.3, 0.4) is 0 Å². The molecule has 4 atom stereocenters. The fourth-order valence-corrected chi connectivity index (χ4v) is 2.45. The van der Waals surface area contributed by atoms with E-state index in [4.69, 9.17) is 39.0 Å². The molecule has 0 amide bonds. The molecule has 0 aliphatic carbocycles. The maximum absolute atomic E-state index is 5.86. The third-order valence-electron chi connectivity index (χ3n) is 2.65. The lowest BCUT2D eigenvalue weighted by atomic mass is 10.2. The lowest BCUT2D eigenvalue weighted by Crippen LogP contribution is -2.41. The summed E-state index contributed by atoms with van der Waals surface area (Å²) >= 11 is 16.7. The first kappa shape index (κ1) is 21.9. The smallest absolute Gasteiger partial charge is 0.222 e. The van der Waals surface area contributed by atoms with Gasteiger partial charge in [0.25, 0.3) is 0 Å². The molecule has 0 saturated heterocycles. The van der Waals surface area contributed by atoms with Gasteiger partial charge in [-0.15, -0.1) is 0 Å². The Morgan fingerprint density at radius 1 is 1.35 bits per heavy atom.